The van der Waals surface area contributed by atoms with Gasteiger partial charge in [0.15, 0.2) is 11.5 Å². The smallest absolute Gasteiger partial charge is 0.326 e. The lowest BCUT2D eigenvalue weighted by Crippen LogP contribution is -2.35. The molecule has 0 spiro atoms. The Labute approximate surface area is 177 Å². The van der Waals surface area contributed by atoms with E-state index in [1.807, 2.05) is 0 Å². The zero-order chi connectivity index (χ0) is 21.4. The number of rotatable bonds is 5. The van der Waals surface area contributed by atoms with Gasteiger partial charge in [-0.05, 0) is 18.2 Å². The van der Waals surface area contributed by atoms with Crippen LogP contribution in [0.3, 0.4) is 0 Å². The standard InChI is InChI=1S/C19H13BrN2O8/c20-12-7-15-14(28-4-5-29-15)6-10(12)9-30-16(23)8-21-18(24)11-2-1-3-13(22(26)27)17(11)19(21)25/h1-3,6-7H,4-5,8-9H2. The number of nitro groups is 1. The molecule has 0 saturated heterocycles. The van der Waals surface area contributed by atoms with E-state index < -0.39 is 34.9 Å². The average molecular weight is 477 g/mol. The lowest BCUT2D eigenvalue weighted by molar-refractivity contribution is -0.385. The van der Waals surface area contributed by atoms with Crippen LogP contribution in [0.2, 0.25) is 0 Å². The number of ether oxygens (including phenoxy) is 3. The first-order valence-electron chi connectivity index (χ1n) is 8.74. The Kier molecular flexibility index (Phi) is 5.12. The van der Waals surface area contributed by atoms with Crippen molar-refractivity contribution in [3.63, 3.8) is 0 Å². The Morgan fingerprint density at radius 3 is 2.57 bits per heavy atom. The molecular weight excluding hydrogens is 464 g/mol. The van der Waals surface area contributed by atoms with Crippen LogP contribution in [0, 0.1) is 10.1 Å². The lowest BCUT2D eigenvalue weighted by atomic mass is 10.1. The van der Waals surface area contributed by atoms with Gasteiger partial charge in [-0.25, -0.2) is 0 Å². The van der Waals surface area contributed by atoms with E-state index in [4.69, 9.17) is 14.2 Å². The summed E-state index contributed by atoms with van der Waals surface area (Å²) in [6, 6.07) is 7.10. The fourth-order valence-corrected chi connectivity index (χ4v) is 3.60. The number of benzene rings is 2. The first-order chi connectivity index (χ1) is 14.4. The molecule has 0 atom stereocenters. The molecule has 2 aliphatic heterocycles. The van der Waals surface area contributed by atoms with Crippen molar-refractivity contribution in [1.82, 2.24) is 4.90 Å². The lowest BCUT2D eigenvalue weighted by Gasteiger charge is -2.20. The summed E-state index contributed by atoms with van der Waals surface area (Å²) in [6.07, 6.45) is 0. The molecular formula is C19H13BrN2O8. The highest BCUT2D eigenvalue weighted by Crippen LogP contribution is 2.36. The Balaban J connectivity index is 1.45. The first kappa shape index (κ1) is 19.8. The van der Waals surface area contributed by atoms with Crippen LogP contribution in [0.4, 0.5) is 5.69 Å². The maximum Gasteiger partial charge on any atom is 0.326 e. The Morgan fingerprint density at radius 1 is 1.17 bits per heavy atom. The summed E-state index contributed by atoms with van der Waals surface area (Å²) in [5.74, 6) is -1.44. The maximum atomic E-state index is 12.5. The highest BCUT2D eigenvalue weighted by Gasteiger charge is 2.41. The number of nitrogens with zero attached hydrogens (tertiary/aromatic N) is 2. The number of carbonyl (C=O) groups is 3. The topological polar surface area (TPSA) is 125 Å². The Hall–Kier alpha value is -3.47. The van der Waals surface area contributed by atoms with Crippen LogP contribution >= 0.6 is 15.9 Å². The summed E-state index contributed by atoms with van der Waals surface area (Å²) >= 11 is 3.36. The molecule has 2 aliphatic rings. The predicted octanol–water partition coefficient (Wildman–Crippen LogP) is 2.47. The van der Waals surface area contributed by atoms with Crippen LogP contribution in [0.25, 0.3) is 0 Å². The second kappa shape index (κ2) is 7.75. The molecule has 0 saturated carbocycles. The third kappa shape index (κ3) is 3.47. The molecule has 0 N–H and O–H groups in total. The summed E-state index contributed by atoms with van der Waals surface area (Å²) in [5, 5.41) is 11.1. The van der Waals surface area contributed by atoms with Gasteiger partial charge in [-0.3, -0.25) is 29.4 Å². The van der Waals surface area contributed by atoms with Gasteiger partial charge in [0, 0.05) is 16.1 Å². The quantitative estimate of drug-likeness (QED) is 0.278. The van der Waals surface area contributed by atoms with Gasteiger partial charge in [-0.2, -0.15) is 0 Å². The average Bonchev–Trinajstić information content (AvgIpc) is 2.97. The van der Waals surface area contributed by atoms with E-state index in [1.54, 1.807) is 12.1 Å². The van der Waals surface area contributed by atoms with Crippen molar-refractivity contribution in [1.29, 1.82) is 0 Å². The second-order valence-corrected chi connectivity index (χ2v) is 7.26. The summed E-state index contributed by atoms with van der Waals surface area (Å²) in [6.45, 7) is 0.0387. The fourth-order valence-electron chi connectivity index (χ4n) is 3.16. The van der Waals surface area contributed by atoms with Crippen molar-refractivity contribution in [2.75, 3.05) is 19.8 Å². The van der Waals surface area contributed by atoms with E-state index in [1.165, 1.54) is 12.1 Å². The number of nitro benzene ring substituents is 1. The third-order valence-electron chi connectivity index (χ3n) is 4.56. The van der Waals surface area contributed by atoms with Crippen molar-refractivity contribution >= 4 is 39.4 Å². The van der Waals surface area contributed by atoms with Gasteiger partial charge >= 0.3 is 5.97 Å². The largest absolute Gasteiger partial charge is 0.486 e. The number of halogens is 1. The number of hydrogen-bond acceptors (Lipinski definition) is 8. The van der Waals surface area contributed by atoms with Crippen molar-refractivity contribution in [2.45, 2.75) is 6.61 Å². The van der Waals surface area contributed by atoms with Crippen molar-refractivity contribution in [3.05, 3.63) is 61.6 Å². The van der Waals surface area contributed by atoms with Crippen LogP contribution in [0.15, 0.2) is 34.8 Å². The second-order valence-electron chi connectivity index (χ2n) is 6.40. The van der Waals surface area contributed by atoms with E-state index in [0.29, 0.717) is 39.6 Å². The van der Waals surface area contributed by atoms with E-state index in [-0.39, 0.29) is 17.7 Å². The molecule has 0 fully saturated rings. The molecule has 2 aromatic rings. The minimum Gasteiger partial charge on any atom is -0.486 e. The number of hydrogen-bond donors (Lipinski definition) is 0. The van der Waals surface area contributed by atoms with Gasteiger partial charge in [-0.1, -0.05) is 22.0 Å². The van der Waals surface area contributed by atoms with E-state index in [9.17, 15) is 24.5 Å². The van der Waals surface area contributed by atoms with Crippen molar-refractivity contribution < 1.29 is 33.5 Å². The Morgan fingerprint density at radius 2 is 1.87 bits per heavy atom. The van der Waals surface area contributed by atoms with Gasteiger partial charge < -0.3 is 14.2 Å². The molecule has 4 rings (SSSR count). The SMILES string of the molecule is O=C(CN1C(=O)c2cccc([N+](=O)[O-])c2C1=O)OCc1cc2c(cc1Br)OCCO2. The molecule has 154 valence electrons. The molecule has 10 nitrogen and oxygen atoms in total. The van der Waals surface area contributed by atoms with Crippen molar-refractivity contribution in [2.24, 2.45) is 0 Å². The van der Waals surface area contributed by atoms with Gasteiger partial charge in [0.25, 0.3) is 17.5 Å². The third-order valence-corrected chi connectivity index (χ3v) is 5.30. The number of amides is 2. The molecule has 0 aliphatic carbocycles. The molecule has 30 heavy (non-hydrogen) atoms. The molecule has 2 amide bonds. The zero-order valence-corrected chi connectivity index (χ0v) is 16.8. The normalized spacial score (nSPS) is 14.5. The van der Waals surface area contributed by atoms with Crippen LogP contribution in [-0.4, -0.2) is 47.4 Å². The van der Waals surface area contributed by atoms with Crippen molar-refractivity contribution in [3.8, 4) is 11.5 Å². The van der Waals surface area contributed by atoms with Gasteiger partial charge in [0.2, 0.25) is 0 Å². The molecule has 0 bridgehead atoms. The highest BCUT2D eigenvalue weighted by molar-refractivity contribution is 9.10. The summed E-state index contributed by atoms with van der Waals surface area (Å²) in [4.78, 5) is 48.3. The predicted molar refractivity (Wildman–Crippen MR) is 103 cm³/mol. The van der Waals surface area contributed by atoms with Gasteiger partial charge in [0.1, 0.15) is 31.9 Å². The van der Waals surface area contributed by atoms with Crippen LogP contribution in [-0.2, 0) is 16.1 Å². The monoisotopic (exact) mass is 476 g/mol. The van der Waals surface area contributed by atoms with Gasteiger partial charge in [0.05, 0.1) is 10.5 Å². The molecule has 0 aromatic heterocycles. The molecule has 0 unspecified atom stereocenters. The summed E-state index contributed by atoms with van der Waals surface area (Å²) < 4.78 is 16.8. The van der Waals surface area contributed by atoms with Crippen LogP contribution in [0.1, 0.15) is 26.3 Å². The number of fused-ring (bicyclic) bond motifs is 2. The van der Waals surface area contributed by atoms with E-state index in [0.717, 1.165) is 6.07 Å². The highest BCUT2D eigenvalue weighted by atomic mass is 79.9. The summed E-state index contributed by atoms with van der Waals surface area (Å²) in [5.41, 5.74) is -0.320. The molecule has 2 heterocycles. The maximum absolute atomic E-state index is 12.5. The number of esters is 1. The number of imide groups is 1. The number of carbonyl (C=O) groups excluding carboxylic acids is 3. The van der Waals surface area contributed by atoms with E-state index >= 15 is 0 Å². The summed E-state index contributed by atoms with van der Waals surface area (Å²) in [7, 11) is 0. The van der Waals surface area contributed by atoms with Gasteiger partial charge in [-0.15, -0.1) is 0 Å². The minimum atomic E-state index is -0.903. The van der Waals surface area contributed by atoms with E-state index in [2.05, 4.69) is 15.9 Å². The zero-order valence-electron chi connectivity index (χ0n) is 15.3. The van der Waals surface area contributed by atoms with Crippen LogP contribution < -0.4 is 9.47 Å². The van der Waals surface area contributed by atoms with Crippen LogP contribution in [0.5, 0.6) is 11.5 Å². The fraction of sp³-hybridized carbons (Fsp3) is 0.211. The first-order valence-corrected chi connectivity index (χ1v) is 9.53. The molecule has 0 radical (unpaired) electrons. The molecule has 2 aromatic carbocycles. The Bertz CT molecular complexity index is 1100. The minimum absolute atomic E-state index is 0.114. The molecule has 11 heteroatoms.